The van der Waals surface area contributed by atoms with Gasteiger partial charge in [-0.3, -0.25) is 14.5 Å². The van der Waals surface area contributed by atoms with Crippen molar-refractivity contribution >= 4 is 34.2 Å². The Kier molecular flexibility index (Phi) is 9.97. The van der Waals surface area contributed by atoms with Crippen molar-refractivity contribution in [3.05, 3.63) is 17.8 Å². The molecule has 2 amide bonds. The maximum absolute atomic E-state index is 13.4. The minimum atomic E-state index is -3.70. The number of hydrogen-bond acceptors (Lipinski definition) is 7. The molecule has 3 rings (SSSR count). The third-order valence-electron chi connectivity index (χ3n) is 6.71. The lowest BCUT2D eigenvalue weighted by atomic mass is 9.88. The topological polar surface area (TPSA) is 104 Å². The van der Waals surface area contributed by atoms with Crippen LogP contribution in [0.4, 0.5) is 0 Å². The Morgan fingerprint density at radius 2 is 1.85 bits per heavy atom. The molecule has 2 aliphatic heterocycles. The SMILES string of the molecule is CCCCN(CCCC)Cc1nc(C(=O)N2CC[C@@H]3[C@@H]2[C@H](C(C)C)C(=O)N3S(C)(=O)=O)co1.Cl. The molecular formula is C23H39ClN4O5S. The van der Waals surface area contributed by atoms with E-state index >= 15 is 0 Å². The molecule has 34 heavy (non-hydrogen) atoms. The number of aromatic nitrogens is 1. The van der Waals surface area contributed by atoms with Gasteiger partial charge in [-0.05, 0) is 38.3 Å². The molecule has 0 radical (unpaired) electrons. The van der Waals surface area contributed by atoms with Gasteiger partial charge in [0.1, 0.15) is 6.26 Å². The van der Waals surface area contributed by atoms with Crippen molar-refractivity contribution in [1.82, 2.24) is 19.1 Å². The summed E-state index contributed by atoms with van der Waals surface area (Å²) >= 11 is 0. The first-order valence-corrected chi connectivity index (χ1v) is 14.0. The summed E-state index contributed by atoms with van der Waals surface area (Å²) in [7, 11) is -3.70. The third kappa shape index (κ3) is 5.94. The van der Waals surface area contributed by atoms with Crippen LogP contribution in [0.2, 0.25) is 0 Å². The number of unbranched alkanes of at least 4 members (excludes halogenated alkanes) is 2. The van der Waals surface area contributed by atoms with E-state index in [1.807, 2.05) is 13.8 Å². The van der Waals surface area contributed by atoms with Crippen LogP contribution in [0, 0.1) is 11.8 Å². The standard InChI is InChI=1S/C23H38N4O5S.ClH/c1-6-8-11-25(12-9-7-2)14-19-24-17(15-32-19)22(28)26-13-10-18-21(26)20(16(3)4)23(29)27(18)33(5,30)31;/h15-16,18,20-21H,6-14H2,1-5H3;1H/t18-,20+,21-;/m1./s1. The quantitative estimate of drug-likeness (QED) is 0.443. The van der Waals surface area contributed by atoms with Gasteiger partial charge >= 0.3 is 0 Å². The second-order valence-electron chi connectivity index (χ2n) is 9.62. The number of halogens is 1. The summed E-state index contributed by atoms with van der Waals surface area (Å²) in [6.45, 7) is 10.9. The molecule has 0 bridgehead atoms. The largest absolute Gasteiger partial charge is 0.447 e. The predicted molar refractivity (Wildman–Crippen MR) is 132 cm³/mol. The van der Waals surface area contributed by atoms with Crippen LogP contribution in [0.15, 0.2) is 10.7 Å². The van der Waals surface area contributed by atoms with Crippen LogP contribution in [-0.2, 0) is 21.4 Å². The van der Waals surface area contributed by atoms with Gasteiger partial charge in [0, 0.05) is 6.54 Å². The van der Waals surface area contributed by atoms with Gasteiger partial charge < -0.3 is 9.32 Å². The van der Waals surface area contributed by atoms with E-state index in [1.54, 1.807) is 4.90 Å². The van der Waals surface area contributed by atoms with Gasteiger partial charge in [0.05, 0.1) is 30.8 Å². The number of amides is 2. The van der Waals surface area contributed by atoms with Gasteiger partial charge in [0.25, 0.3) is 5.91 Å². The Balaban J connectivity index is 0.00000408. The number of sulfonamides is 1. The summed E-state index contributed by atoms with van der Waals surface area (Å²) in [5, 5.41) is 0. The van der Waals surface area contributed by atoms with Crippen molar-refractivity contribution < 1.29 is 22.4 Å². The Morgan fingerprint density at radius 1 is 1.24 bits per heavy atom. The number of hydrogen-bond donors (Lipinski definition) is 0. The highest BCUT2D eigenvalue weighted by atomic mass is 35.5. The fraction of sp³-hybridized carbons (Fsp3) is 0.783. The van der Waals surface area contributed by atoms with Crippen molar-refractivity contribution in [1.29, 1.82) is 0 Å². The number of rotatable bonds is 11. The Morgan fingerprint density at radius 3 is 2.38 bits per heavy atom. The number of fused-ring (bicyclic) bond motifs is 1. The number of nitrogens with zero attached hydrogens (tertiary/aromatic N) is 4. The molecule has 0 unspecified atom stereocenters. The summed E-state index contributed by atoms with van der Waals surface area (Å²) in [5.74, 6) is -0.866. The van der Waals surface area contributed by atoms with Gasteiger partial charge in [-0.15, -0.1) is 12.4 Å². The average molecular weight is 519 g/mol. The smallest absolute Gasteiger partial charge is 0.276 e. The number of oxazole rings is 1. The first kappa shape index (κ1) is 28.6. The summed E-state index contributed by atoms with van der Waals surface area (Å²) in [6.07, 6.45) is 7.28. The van der Waals surface area contributed by atoms with Gasteiger partial charge in [0.2, 0.25) is 21.8 Å². The lowest BCUT2D eigenvalue weighted by Gasteiger charge is -2.28. The van der Waals surface area contributed by atoms with Gasteiger partial charge in [-0.2, -0.15) is 0 Å². The molecule has 1 aromatic rings. The van der Waals surface area contributed by atoms with Gasteiger partial charge in [0.15, 0.2) is 5.69 Å². The predicted octanol–water partition coefficient (Wildman–Crippen LogP) is 3.16. The summed E-state index contributed by atoms with van der Waals surface area (Å²) in [5.41, 5.74) is 0.212. The zero-order valence-electron chi connectivity index (χ0n) is 20.9. The van der Waals surface area contributed by atoms with E-state index < -0.39 is 33.9 Å². The van der Waals surface area contributed by atoms with Crippen LogP contribution in [-0.4, -0.2) is 77.3 Å². The van der Waals surface area contributed by atoms with Crippen LogP contribution < -0.4 is 0 Å². The Labute approximate surface area is 209 Å². The Hall–Kier alpha value is -1.65. The molecule has 3 heterocycles. The second-order valence-corrected chi connectivity index (χ2v) is 11.5. The maximum atomic E-state index is 13.4. The normalized spacial score (nSPS) is 22.6. The monoisotopic (exact) mass is 518 g/mol. The molecular weight excluding hydrogens is 480 g/mol. The van der Waals surface area contributed by atoms with Crippen molar-refractivity contribution in [2.75, 3.05) is 25.9 Å². The van der Waals surface area contributed by atoms with Crippen LogP contribution in [0.25, 0.3) is 0 Å². The van der Waals surface area contributed by atoms with Crippen molar-refractivity contribution in [3.63, 3.8) is 0 Å². The fourth-order valence-electron chi connectivity index (χ4n) is 5.12. The van der Waals surface area contributed by atoms with E-state index in [1.165, 1.54) is 6.26 Å². The zero-order valence-corrected chi connectivity index (χ0v) is 22.5. The van der Waals surface area contributed by atoms with Crippen LogP contribution in [0.3, 0.4) is 0 Å². The molecule has 0 spiro atoms. The van der Waals surface area contributed by atoms with Gasteiger partial charge in [-0.1, -0.05) is 40.5 Å². The number of carbonyl (C=O) groups excluding carboxylic acids is 2. The first-order chi connectivity index (χ1) is 15.6. The highest BCUT2D eigenvalue weighted by molar-refractivity contribution is 7.88. The molecule has 0 saturated carbocycles. The molecule has 1 aromatic heterocycles. The van der Waals surface area contributed by atoms with E-state index in [0.717, 1.165) is 49.3 Å². The van der Waals surface area contributed by atoms with Crippen molar-refractivity contribution in [2.24, 2.45) is 11.8 Å². The Bertz CT molecular complexity index is 943. The lowest BCUT2D eigenvalue weighted by molar-refractivity contribution is -0.129. The van der Waals surface area contributed by atoms with Crippen LogP contribution >= 0.6 is 12.4 Å². The average Bonchev–Trinajstić information content (AvgIpc) is 3.42. The summed E-state index contributed by atoms with van der Waals surface area (Å²) in [6, 6.07) is -1.00. The van der Waals surface area contributed by atoms with Crippen LogP contribution in [0.1, 0.15) is 76.2 Å². The highest BCUT2D eigenvalue weighted by Crippen LogP contribution is 2.41. The molecule has 0 aliphatic carbocycles. The molecule has 2 aliphatic rings. The molecule has 2 saturated heterocycles. The molecule has 3 atom stereocenters. The molecule has 194 valence electrons. The first-order valence-electron chi connectivity index (χ1n) is 12.1. The summed E-state index contributed by atoms with van der Waals surface area (Å²) in [4.78, 5) is 34.7. The van der Waals surface area contributed by atoms with Gasteiger partial charge in [-0.25, -0.2) is 17.7 Å². The van der Waals surface area contributed by atoms with E-state index in [4.69, 9.17) is 4.42 Å². The minimum Gasteiger partial charge on any atom is -0.447 e. The number of likely N-dealkylation sites (tertiary alicyclic amines) is 1. The molecule has 11 heteroatoms. The van der Waals surface area contributed by atoms with E-state index in [-0.39, 0.29) is 29.9 Å². The molecule has 9 nitrogen and oxygen atoms in total. The summed E-state index contributed by atoms with van der Waals surface area (Å²) < 4.78 is 31.3. The maximum Gasteiger partial charge on any atom is 0.276 e. The highest BCUT2D eigenvalue weighted by Gasteiger charge is 2.58. The lowest BCUT2D eigenvalue weighted by Crippen LogP contribution is -2.44. The molecule has 0 N–H and O–H groups in total. The fourth-order valence-corrected chi connectivity index (χ4v) is 6.29. The van der Waals surface area contributed by atoms with Crippen LogP contribution in [0.5, 0.6) is 0 Å². The zero-order chi connectivity index (χ0) is 24.3. The second kappa shape index (κ2) is 11.9. The van der Waals surface area contributed by atoms with E-state index in [9.17, 15) is 18.0 Å². The van der Waals surface area contributed by atoms with E-state index in [2.05, 4.69) is 23.7 Å². The number of carbonyl (C=O) groups is 2. The molecule has 0 aromatic carbocycles. The van der Waals surface area contributed by atoms with E-state index in [0.29, 0.717) is 25.4 Å². The van der Waals surface area contributed by atoms with Crippen molar-refractivity contribution in [2.45, 2.75) is 78.4 Å². The third-order valence-corrected chi connectivity index (χ3v) is 7.88. The molecule has 2 fully saturated rings. The minimum absolute atomic E-state index is 0. The van der Waals surface area contributed by atoms with Crippen molar-refractivity contribution in [3.8, 4) is 0 Å².